The van der Waals surface area contributed by atoms with E-state index in [0.29, 0.717) is 0 Å². The Morgan fingerprint density at radius 3 is 1.25 bits per heavy atom. The van der Waals surface area contributed by atoms with Gasteiger partial charge < -0.3 is 18.9 Å². The van der Waals surface area contributed by atoms with Crippen LogP contribution in [0.25, 0.3) is 54.9 Å². The van der Waals surface area contributed by atoms with E-state index in [0.717, 1.165) is 55.3 Å². The number of methoxy groups -OCH3 is 2. The molecule has 0 aliphatic rings. The Bertz CT molecular complexity index is 1630. The van der Waals surface area contributed by atoms with Crippen molar-refractivity contribution >= 4 is 21.5 Å². The molecule has 0 heterocycles. The zero-order chi connectivity index (χ0) is 27.3. The van der Waals surface area contributed by atoms with E-state index in [-0.39, 0.29) is 13.6 Å². The number of hydrogen-bond acceptors (Lipinski definition) is 4. The molecule has 0 aliphatic carbocycles. The molecule has 0 N–H and O–H groups in total. The van der Waals surface area contributed by atoms with Gasteiger partial charge in [-0.3, -0.25) is 0 Å². The molecule has 6 rings (SSSR count). The molecule has 0 saturated heterocycles. The minimum absolute atomic E-state index is 0.137. The quantitative estimate of drug-likeness (QED) is 0.176. The molecule has 4 heteroatoms. The molecule has 198 valence electrons. The van der Waals surface area contributed by atoms with E-state index in [1.54, 1.807) is 14.2 Å². The van der Waals surface area contributed by atoms with Gasteiger partial charge in [0.05, 0.1) is 0 Å². The van der Waals surface area contributed by atoms with E-state index in [1.807, 2.05) is 24.3 Å². The summed E-state index contributed by atoms with van der Waals surface area (Å²) in [5.74, 6) is 1.45. The van der Waals surface area contributed by atoms with Gasteiger partial charge in [-0.05, 0) is 68.1 Å². The van der Waals surface area contributed by atoms with Crippen molar-refractivity contribution in [3.8, 4) is 44.9 Å². The van der Waals surface area contributed by atoms with Crippen LogP contribution in [0, 0.1) is 0 Å². The van der Waals surface area contributed by atoms with E-state index in [9.17, 15) is 0 Å². The Kier molecular flexibility index (Phi) is 7.45. The van der Waals surface area contributed by atoms with Crippen molar-refractivity contribution < 1.29 is 18.9 Å². The fraction of sp³-hybridized carbons (Fsp3) is 0.111. The Hall–Kier alpha value is -4.64. The Balaban J connectivity index is 1.61. The molecule has 0 aromatic heterocycles. The summed E-state index contributed by atoms with van der Waals surface area (Å²) in [6.45, 7) is 0.273. The maximum absolute atomic E-state index is 6.16. The Morgan fingerprint density at radius 2 is 0.850 bits per heavy atom. The summed E-state index contributed by atoms with van der Waals surface area (Å²) in [6.07, 6.45) is 0. The van der Waals surface area contributed by atoms with Crippen LogP contribution in [0.2, 0.25) is 0 Å². The normalized spacial score (nSPS) is 11.2. The first-order valence-corrected chi connectivity index (χ1v) is 13.2. The Labute approximate surface area is 234 Å². The van der Waals surface area contributed by atoms with Crippen molar-refractivity contribution in [1.82, 2.24) is 0 Å². The minimum Gasteiger partial charge on any atom is -0.467 e. The maximum atomic E-state index is 6.16. The van der Waals surface area contributed by atoms with Gasteiger partial charge in [0.25, 0.3) is 0 Å². The van der Waals surface area contributed by atoms with Crippen LogP contribution in [-0.4, -0.2) is 27.8 Å². The van der Waals surface area contributed by atoms with Gasteiger partial charge in [0.1, 0.15) is 11.5 Å². The van der Waals surface area contributed by atoms with E-state index in [1.165, 1.54) is 11.1 Å². The molecule has 4 nitrogen and oxygen atoms in total. The molecule has 40 heavy (non-hydrogen) atoms. The molecular formula is C36H30O4. The molecule has 6 aromatic carbocycles. The minimum atomic E-state index is 0.137. The highest BCUT2D eigenvalue weighted by Gasteiger charge is 2.20. The predicted octanol–water partition coefficient (Wildman–Crippen LogP) is 8.96. The van der Waals surface area contributed by atoms with Gasteiger partial charge in [-0.25, -0.2) is 0 Å². The smallest absolute Gasteiger partial charge is 0.188 e. The van der Waals surface area contributed by atoms with Crippen molar-refractivity contribution in [3.05, 3.63) is 121 Å². The van der Waals surface area contributed by atoms with E-state index < -0.39 is 0 Å². The standard InChI is InChI=1S/C36H30O4/c1-37-23-39-33-19-15-29-21-27(25-9-5-3-6-10-25)13-17-31(29)35(33)36-32-18-14-28(26-11-7-4-8-12-26)22-30(32)16-20-34(36)40-24-38-2/h3-22H,23-24H2,1-2H3. The van der Waals surface area contributed by atoms with E-state index in [4.69, 9.17) is 18.9 Å². The molecule has 6 aromatic rings. The molecule has 0 atom stereocenters. The molecule has 0 fully saturated rings. The van der Waals surface area contributed by atoms with Gasteiger partial charge in [0.15, 0.2) is 13.6 Å². The molecule has 0 aliphatic heterocycles. The number of fused-ring (bicyclic) bond motifs is 2. The molecular weight excluding hydrogens is 496 g/mol. The summed E-state index contributed by atoms with van der Waals surface area (Å²) in [6, 6.07) is 42.2. The van der Waals surface area contributed by atoms with Gasteiger partial charge >= 0.3 is 0 Å². The predicted molar refractivity (Wildman–Crippen MR) is 163 cm³/mol. The number of rotatable bonds is 9. The van der Waals surface area contributed by atoms with E-state index >= 15 is 0 Å². The lowest BCUT2D eigenvalue weighted by Crippen LogP contribution is -2.04. The SMILES string of the molecule is COCOc1ccc2cc(-c3ccccc3)ccc2c1-c1c(OCOC)ccc2cc(-c3ccccc3)ccc12. The van der Waals surface area contributed by atoms with Gasteiger partial charge in [0.2, 0.25) is 0 Å². The van der Waals surface area contributed by atoms with Gasteiger partial charge in [-0.2, -0.15) is 0 Å². The highest BCUT2D eigenvalue weighted by atomic mass is 16.7. The second-order valence-corrected chi connectivity index (χ2v) is 9.58. The highest BCUT2D eigenvalue weighted by Crippen LogP contribution is 2.46. The lowest BCUT2D eigenvalue weighted by molar-refractivity contribution is 0.0502. The van der Waals surface area contributed by atoms with Crippen LogP contribution in [0.4, 0.5) is 0 Å². The van der Waals surface area contributed by atoms with Crippen LogP contribution < -0.4 is 9.47 Å². The van der Waals surface area contributed by atoms with Crippen LogP contribution in [0.1, 0.15) is 0 Å². The van der Waals surface area contributed by atoms with Crippen LogP contribution in [0.5, 0.6) is 11.5 Å². The zero-order valence-electron chi connectivity index (χ0n) is 22.6. The fourth-order valence-electron chi connectivity index (χ4n) is 5.24. The van der Waals surface area contributed by atoms with Gasteiger partial charge in [0, 0.05) is 25.3 Å². The first-order valence-electron chi connectivity index (χ1n) is 13.2. The largest absolute Gasteiger partial charge is 0.467 e. The lowest BCUT2D eigenvalue weighted by Gasteiger charge is -2.20. The van der Waals surface area contributed by atoms with Crippen molar-refractivity contribution in [3.63, 3.8) is 0 Å². The number of hydrogen-bond donors (Lipinski definition) is 0. The van der Waals surface area contributed by atoms with Crippen LogP contribution in [0.3, 0.4) is 0 Å². The highest BCUT2D eigenvalue weighted by molar-refractivity contribution is 6.11. The summed E-state index contributed by atoms with van der Waals surface area (Å²) in [5.41, 5.74) is 6.58. The summed E-state index contributed by atoms with van der Waals surface area (Å²) in [7, 11) is 3.26. The first-order chi connectivity index (χ1) is 19.8. The van der Waals surface area contributed by atoms with Gasteiger partial charge in [-0.1, -0.05) is 97.1 Å². The second-order valence-electron chi connectivity index (χ2n) is 9.58. The monoisotopic (exact) mass is 526 g/mol. The summed E-state index contributed by atoms with van der Waals surface area (Å²) < 4.78 is 22.9. The Morgan fingerprint density at radius 1 is 0.425 bits per heavy atom. The van der Waals surface area contributed by atoms with Crippen molar-refractivity contribution in [2.24, 2.45) is 0 Å². The average Bonchev–Trinajstić information content (AvgIpc) is 3.02. The molecule has 0 bridgehead atoms. The maximum Gasteiger partial charge on any atom is 0.188 e. The average molecular weight is 527 g/mol. The molecule has 0 spiro atoms. The summed E-state index contributed by atoms with van der Waals surface area (Å²) in [5, 5.41) is 4.35. The summed E-state index contributed by atoms with van der Waals surface area (Å²) in [4.78, 5) is 0. The molecule has 0 amide bonds. The van der Waals surface area contributed by atoms with Crippen LogP contribution in [0.15, 0.2) is 121 Å². The van der Waals surface area contributed by atoms with Crippen LogP contribution >= 0.6 is 0 Å². The molecule has 0 saturated carbocycles. The van der Waals surface area contributed by atoms with Gasteiger partial charge in [-0.15, -0.1) is 0 Å². The second kappa shape index (κ2) is 11.6. The third-order valence-electron chi connectivity index (χ3n) is 7.09. The zero-order valence-corrected chi connectivity index (χ0v) is 22.6. The fourth-order valence-corrected chi connectivity index (χ4v) is 5.24. The van der Waals surface area contributed by atoms with Crippen molar-refractivity contribution in [2.75, 3.05) is 27.8 Å². The third kappa shape index (κ3) is 5.03. The third-order valence-corrected chi connectivity index (χ3v) is 7.09. The number of benzene rings is 6. The lowest BCUT2D eigenvalue weighted by atomic mass is 9.90. The summed E-state index contributed by atoms with van der Waals surface area (Å²) >= 11 is 0. The first kappa shape index (κ1) is 25.6. The van der Waals surface area contributed by atoms with Crippen LogP contribution in [-0.2, 0) is 9.47 Å². The van der Waals surface area contributed by atoms with E-state index in [2.05, 4.69) is 97.1 Å². The molecule has 0 unspecified atom stereocenters. The van der Waals surface area contributed by atoms with Crippen molar-refractivity contribution in [1.29, 1.82) is 0 Å². The molecule has 0 radical (unpaired) electrons. The number of ether oxygens (including phenoxy) is 4. The van der Waals surface area contributed by atoms with Crippen molar-refractivity contribution in [2.45, 2.75) is 0 Å². The topological polar surface area (TPSA) is 36.9 Å².